The van der Waals surface area contributed by atoms with Gasteiger partial charge in [0.25, 0.3) is 0 Å². The second-order valence-electron chi connectivity index (χ2n) is 6.37. The van der Waals surface area contributed by atoms with Crippen LogP contribution in [-0.4, -0.2) is 34.3 Å². The summed E-state index contributed by atoms with van der Waals surface area (Å²) in [6.45, 7) is 6.87. The predicted molar refractivity (Wildman–Crippen MR) is 92.3 cm³/mol. The summed E-state index contributed by atoms with van der Waals surface area (Å²) >= 11 is 0. The minimum absolute atomic E-state index is 0. The van der Waals surface area contributed by atoms with Gasteiger partial charge < -0.3 is 6.16 Å². The monoisotopic (exact) mass is 353 g/mol. The van der Waals surface area contributed by atoms with Gasteiger partial charge in [-0.25, -0.2) is 5.06 Å². The number of carbonyl (C=O) groups is 2. The second-order valence-corrected chi connectivity index (χ2v) is 6.37. The van der Waals surface area contributed by atoms with Crippen LogP contribution in [0.15, 0.2) is 0 Å². The summed E-state index contributed by atoms with van der Waals surface area (Å²) < 4.78 is 4.99. The van der Waals surface area contributed by atoms with Crippen LogP contribution >= 0.6 is 0 Å². The van der Waals surface area contributed by atoms with Crippen LogP contribution in [0.2, 0.25) is 0 Å². The molecule has 0 aliphatic rings. The van der Waals surface area contributed by atoms with E-state index in [1.54, 1.807) is 13.8 Å². The number of hydroxylamine groups is 2. The smallest absolute Gasteiger partial charge is 1.00 e. The van der Waals surface area contributed by atoms with Crippen molar-refractivity contribution in [2.75, 3.05) is 0 Å². The van der Waals surface area contributed by atoms with Gasteiger partial charge in [0, 0.05) is 13.3 Å². The van der Waals surface area contributed by atoms with Crippen molar-refractivity contribution in [2.24, 2.45) is 0 Å². The van der Waals surface area contributed by atoms with Crippen molar-refractivity contribution >= 4 is 11.9 Å². The minimum atomic E-state index is -0.537. The molecule has 0 aromatic rings. The Kier molecular flexibility index (Phi) is 17.8. The summed E-state index contributed by atoms with van der Waals surface area (Å²) in [6.07, 6.45) is 10.5. The maximum absolute atomic E-state index is 11.9. The summed E-state index contributed by atoms with van der Waals surface area (Å²) in [4.78, 5) is 22.8. The Morgan fingerprint density at radius 2 is 1.46 bits per heavy atom. The van der Waals surface area contributed by atoms with Crippen LogP contribution in [0.4, 0.5) is 0 Å². The summed E-state index contributed by atoms with van der Waals surface area (Å²) in [7, 11) is 0. The number of carbonyl (C=O) groups excluding carboxylic acids is 2. The first kappa shape index (κ1) is 26.1. The molecule has 6 heteroatoms. The van der Waals surface area contributed by atoms with Gasteiger partial charge in [0.05, 0.1) is 6.04 Å². The molecule has 0 heterocycles. The minimum Gasteiger partial charge on any atom is -1.00 e. The van der Waals surface area contributed by atoms with E-state index >= 15 is 0 Å². The van der Waals surface area contributed by atoms with E-state index in [9.17, 15) is 14.8 Å². The molecule has 1 N–H and O–H groups in total. The van der Waals surface area contributed by atoms with Gasteiger partial charge in [0.15, 0.2) is 0 Å². The first-order chi connectivity index (χ1) is 10.9. The molecular formula is C18H36NNaO4. The number of hydrogen-bond acceptors (Lipinski definition) is 4. The molecule has 0 aromatic heterocycles. The maximum Gasteiger partial charge on any atom is 1.00 e. The molecule has 0 saturated heterocycles. The van der Waals surface area contributed by atoms with E-state index in [2.05, 4.69) is 6.92 Å². The average Bonchev–Trinajstić information content (AvgIpc) is 2.50. The SMILES string of the molecule is CCCCCCCCCCCC(=O)N(O)C(C)C(C)OC(C)=O.[H-].[Na+]. The molecule has 0 bridgehead atoms. The maximum atomic E-state index is 11.9. The van der Waals surface area contributed by atoms with E-state index in [1.807, 2.05) is 0 Å². The van der Waals surface area contributed by atoms with E-state index in [0.29, 0.717) is 11.5 Å². The molecule has 0 aromatic carbocycles. The molecule has 2 atom stereocenters. The molecule has 0 spiro atoms. The number of amides is 1. The van der Waals surface area contributed by atoms with Crippen molar-refractivity contribution in [1.29, 1.82) is 0 Å². The number of rotatable bonds is 13. The molecule has 0 aliphatic heterocycles. The van der Waals surface area contributed by atoms with Crippen molar-refractivity contribution in [1.82, 2.24) is 5.06 Å². The number of esters is 1. The standard InChI is InChI=1S/C18H35NO4.Na.H/c1-5-6-7-8-9-10-11-12-13-14-18(21)19(22)15(2)16(3)23-17(4)20;;/h15-16,22H,5-14H2,1-4H3;;/q;+1;-1. The average molecular weight is 353 g/mol. The van der Waals surface area contributed by atoms with Crippen LogP contribution in [0.25, 0.3) is 0 Å². The van der Waals surface area contributed by atoms with Crippen LogP contribution in [0.5, 0.6) is 0 Å². The van der Waals surface area contributed by atoms with Crippen molar-refractivity contribution in [3.8, 4) is 0 Å². The van der Waals surface area contributed by atoms with Gasteiger partial charge in [0.2, 0.25) is 5.91 Å². The van der Waals surface area contributed by atoms with Crippen molar-refractivity contribution < 1.29 is 50.5 Å². The van der Waals surface area contributed by atoms with Crippen LogP contribution in [0, 0.1) is 0 Å². The van der Waals surface area contributed by atoms with Gasteiger partial charge >= 0.3 is 35.5 Å². The Morgan fingerprint density at radius 3 is 1.92 bits per heavy atom. The van der Waals surface area contributed by atoms with Crippen molar-refractivity contribution in [2.45, 2.75) is 104 Å². The Hall–Kier alpha value is -0.100. The Labute approximate surface area is 171 Å². The zero-order valence-corrected chi connectivity index (χ0v) is 18.3. The molecule has 24 heavy (non-hydrogen) atoms. The Balaban J connectivity index is -0.00000242. The number of hydrogen-bond donors (Lipinski definition) is 1. The third-order valence-electron chi connectivity index (χ3n) is 4.17. The molecule has 138 valence electrons. The molecule has 0 fully saturated rings. The fraction of sp³-hybridized carbons (Fsp3) is 0.889. The summed E-state index contributed by atoms with van der Waals surface area (Å²) in [6, 6.07) is -0.537. The zero-order valence-electron chi connectivity index (χ0n) is 17.3. The van der Waals surface area contributed by atoms with Crippen LogP contribution in [0.3, 0.4) is 0 Å². The van der Waals surface area contributed by atoms with Gasteiger partial charge in [0.1, 0.15) is 6.10 Å². The fourth-order valence-electron chi connectivity index (χ4n) is 2.49. The van der Waals surface area contributed by atoms with Gasteiger partial charge in [-0.15, -0.1) is 0 Å². The normalized spacial score (nSPS) is 12.9. The second kappa shape index (κ2) is 16.4. The van der Waals surface area contributed by atoms with Crippen LogP contribution < -0.4 is 29.6 Å². The largest absolute Gasteiger partial charge is 1.00 e. The quantitative estimate of drug-likeness (QED) is 0.179. The van der Waals surface area contributed by atoms with Crippen LogP contribution in [-0.2, 0) is 14.3 Å². The molecule has 0 rings (SSSR count). The molecular weight excluding hydrogens is 317 g/mol. The summed E-state index contributed by atoms with van der Waals surface area (Å²) in [5.41, 5.74) is 0. The number of ether oxygens (including phenoxy) is 1. The number of unbranched alkanes of at least 4 members (excludes halogenated alkanes) is 8. The van der Waals surface area contributed by atoms with E-state index < -0.39 is 18.1 Å². The zero-order chi connectivity index (χ0) is 17.7. The fourth-order valence-corrected chi connectivity index (χ4v) is 2.49. The van der Waals surface area contributed by atoms with E-state index in [0.717, 1.165) is 19.3 Å². The van der Waals surface area contributed by atoms with Gasteiger partial charge in [-0.2, -0.15) is 0 Å². The van der Waals surface area contributed by atoms with Crippen LogP contribution in [0.1, 0.15) is 93.3 Å². The topological polar surface area (TPSA) is 66.8 Å². The first-order valence-electron chi connectivity index (χ1n) is 9.08. The first-order valence-corrected chi connectivity index (χ1v) is 9.08. The van der Waals surface area contributed by atoms with Gasteiger partial charge in [-0.1, -0.05) is 58.3 Å². The van der Waals surface area contributed by atoms with E-state index in [4.69, 9.17) is 4.74 Å². The number of nitrogens with zero attached hydrogens (tertiary/aromatic N) is 1. The molecule has 0 saturated carbocycles. The van der Waals surface area contributed by atoms with E-state index in [-0.39, 0.29) is 36.9 Å². The molecule has 2 unspecified atom stereocenters. The Bertz CT molecular complexity index is 345. The van der Waals surface area contributed by atoms with E-state index in [1.165, 1.54) is 45.4 Å². The third-order valence-corrected chi connectivity index (χ3v) is 4.17. The molecule has 0 radical (unpaired) electrons. The predicted octanol–water partition coefficient (Wildman–Crippen LogP) is 1.58. The van der Waals surface area contributed by atoms with Gasteiger partial charge in [-0.3, -0.25) is 14.8 Å². The molecule has 1 amide bonds. The molecule has 5 nitrogen and oxygen atoms in total. The van der Waals surface area contributed by atoms with Gasteiger partial charge in [-0.05, 0) is 20.3 Å². The molecule has 0 aliphatic carbocycles. The van der Waals surface area contributed by atoms with Crippen molar-refractivity contribution in [3.05, 3.63) is 0 Å². The van der Waals surface area contributed by atoms with Crippen molar-refractivity contribution in [3.63, 3.8) is 0 Å². The summed E-state index contributed by atoms with van der Waals surface area (Å²) in [5.74, 6) is -0.719. The summed E-state index contributed by atoms with van der Waals surface area (Å²) in [5, 5.41) is 10.6. The third kappa shape index (κ3) is 13.2. The Morgan fingerprint density at radius 1 is 1.00 bits per heavy atom.